The Morgan fingerprint density at radius 1 is 1.10 bits per heavy atom. The standard InChI is InChI=1S/C24H30N2O5/c1-16-8-6-11-19(17(16)2)25-22(27)15-31-24(29)20(14-18-9-4-3-5-10-18)26-23(28)21-12-7-13-30-21/h3-5,7,9-10,12-13,16-17,19-20H,6,8,11,14-15H2,1-2H3,(H,25,27)(H,26,28). The van der Waals surface area contributed by atoms with Crippen LogP contribution in [0.2, 0.25) is 0 Å². The number of esters is 1. The topological polar surface area (TPSA) is 97.6 Å². The Balaban J connectivity index is 1.58. The van der Waals surface area contributed by atoms with Gasteiger partial charge in [0.15, 0.2) is 12.4 Å². The van der Waals surface area contributed by atoms with E-state index in [1.165, 1.54) is 18.8 Å². The predicted molar refractivity (Wildman–Crippen MR) is 115 cm³/mol. The minimum absolute atomic E-state index is 0.0914. The van der Waals surface area contributed by atoms with Gasteiger partial charge < -0.3 is 19.8 Å². The molecule has 1 heterocycles. The molecule has 0 bridgehead atoms. The van der Waals surface area contributed by atoms with Gasteiger partial charge in [-0.3, -0.25) is 9.59 Å². The van der Waals surface area contributed by atoms with Gasteiger partial charge in [-0.2, -0.15) is 0 Å². The highest BCUT2D eigenvalue weighted by molar-refractivity contribution is 5.94. The van der Waals surface area contributed by atoms with E-state index in [2.05, 4.69) is 24.5 Å². The van der Waals surface area contributed by atoms with E-state index in [1.807, 2.05) is 30.3 Å². The van der Waals surface area contributed by atoms with Crippen molar-refractivity contribution in [3.63, 3.8) is 0 Å². The van der Waals surface area contributed by atoms with E-state index in [0.29, 0.717) is 11.8 Å². The van der Waals surface area contributed by atoms with Gasteiger partial charge in [-0.25, -0.2) is 4.79 Å². The number of carbonyl (C=O) groups is 3. The first kappa shape index (κ1) is 22.6. The zero-order valence-corrected chi connectivity index (χ0v) is 18.0. The summed E-state index contributed by atoms with van der Waals surface area (Å²) in [5.74, 6) is -0.471. The molecule has 166 valence electrons. The third kappa shape index (κ3) is 6.44. The van der Waals surface area contributed by atoms with Crippen molar-refractivity contribution in [3.8, 4) is 0 Å². The Bertz CT molecular complexity index is 865. The van der Waals surface area contributed by atoms with Crippen LogP contribution >= 0.6 is 0 Å². The number of nitrogens with one attached hydrogen (secondary N) is 2. The van der Waals surface area contributed by atoms with Gasteiger partial charge in [0.1, 0.15) is 6.04 Å². The summed E-state index contributed by atoms with van der Waals surface area (Å²) in [6, 6.07) is 11.6. The molecule has 31 heavy (non-hydrogen) atoms. The van der Waals surface area contributed by atoms with Gasteiger partial charge in [0.2, 0.25) is 0 Å². The van der Waals surface area contributed by atoms with E-state index in [-0.39, 0.29) is 30.7 Å². The Labute approximate surface area is 182 Å². The molecule has 4 atom stereocenters. The normalized spacial score (nSPS) is 21.7. The van der Waals surface area contributed by atoms with Crippen LogP contribution in [0.5, 0.6) is 0 Å². The fourth-order valence-corrected chi connectivity index (χ4v) is 3.95. The second-order valence-corrected chi connectivity index (χ2v) is 8.24. The summed E-state index contributed by atoms with van der Waals surface area (Å²) < 4.78 is 10.4. The van der Waals surface area contributed by atoms with Crippen molar-refractivity contribution in [2.45, 2.75) is 51.6 Å². The van der Waals surface area contributed by atoms with Crippen molar-refractivity contribution in [1.82, 2.24) is 10.6 Å². The van der Waals surface area contributed by atoms with Gasteiger partial charge in [0.05, 0.1) is 6.26 Å². The maximum atomic E-state index is 12.7. The number of carbonyl (C=O) groups excluding carboxylic acids is 3. The van der Waals surface area contributed by atoms with Gasteiger partial charge >= 0.3 is 5.97 Å². The molecule has 1 aliphatic carbocycles. The number of furan rings is 1. The van der Waals surface area contributed by atoms with E-state index in [1.54, 1.807) is 6.07 Å². The lowest BCUT2D eigenvalue weighted by atomic mass is 9.78. The number of hydrogen-bond donors (Lipinski definition) is 2. The monoisotopic (exact) mass is 426 g/mol. The van der Waals surface area contributed by atoms with Crippen molar-refractivity contribution >= 4 is 17.8 Å². The number of rotatable bonds is 8. The van der Waals surface area contributed by atoms with E-state index < -0.39 is 17.9 Å². The molecule has 7 nitrogen and oxygen atoms in total. The zero-order chi connectivity index (χ0) is 22.2. The number of hydrogen-bond acceptors (Lipinski definition) is 5. The summed E-state index contributed by atoms with van der Waals surface area (Å²) in [5.41, 5.74) is 0.860. The van der Waals surface area contributed by atoms with Crippen molar-refractivity contribution in [3.05, 3.63) is 60.1 Å². The largest absolute Gasteiger partial charge is 0.459 e. The minimum atomic E-state index is -0.943. The molecule has 1 saturated carbocycles. The first-order chi connectivity index (χ1) is 14.9. The van der Waals surface area contributed by atoms with Crippen LogP contribution in [-0.2, 0) is 20.7 Å². The molecular formula is C24H30N2O5. The second-order valence-electron chi connectivity index (χ2n) is 8.24. The minimum Gasteiger partial charge on any atom is -0.459 e. The quantitative estimate of drug-likeness (QED) is 0.632. The molecule has 7 heteroatoms. The molecule has 1 aromatic heterocycles. The van der Waals surface area contributed by atoms with Gasteiger partial charge in [0, 0.05) is 12.5 Å². The third-order valence-electron chi connectivity index (χ3n) is 6.02. The van der Waals surface area contributed by atoms with Crippen molar-refractivity contribution in [2.24, 2.45) is 11.8 Å². The molecule has 4 unspecified atom stereocenters. The van der Waals surface area contributed by atoms with Crippen molar-refractivity contribution in [1.29, 1.82) is 0 Å². The van der Waals surface area contributed by atoms with Crippen LogP contribution < -0.4 is 10.6 Å². The smallest absolute Gasteiger partial charge is 0.329 e. The van der Waals surface area contributed by atoms with Gasteiger partial charge in [-0.15, -0.1) is 0 Å². The Morgan fingerprint density at radius 2 is 1.87 bits per heavy atom. The average molecular weight is 427 g/mol. The summed E-state index contributed by atoms with van der Waals surface area (Å²) in [4.78, 5) is 37.5. The predicted octanol–water partition coefficient (Wildman–Crippen LogP) is 3.10. The Hall–Kier alpha value is -3.09. The molecule has 0 saturated heterocycles. The van der Waals surface area contributed by atoms with Crippen molar-refractivity contribution < 1.29 is 23.5 Å². The average Bonchev–Trinajstić information content (AvgIpc) is 3.31. The molecule has 3 rings (SSSR count). The van der Waals surface area contributed by atoms with E-state index in [4.69, 9.17) is 9.15 Å². The number of benzene rings is 1. The highest BCUT2D eigenvalue weighted by Gasteiger charge is 2.29. The number of amides is 2. The lowest BCUT2D eigenvalue weighted by Gasteiger charge is -2.34. The fraction of sp³-hybridized carbons (Fsp3) is 0.458. The van der Waals surface area contributed by atoms with Crippen LogP contribution in [0, 0.1) is 11.8 Å². The first-order valence-electron chi connectivity index (χ1n) is 10.8. The van der Waals surface area contributed by atoms with E-state index in [9.17, 15) is 14.4 Å². The van der Waals surface area contributed by atoms with Crippen LogP contribution in [0.4, 0.5) is 0 Å². The Morgan fingerprint density at radius 3 is 2.58 bits per heavy atom. The highest BCUT2D eigenvalue weighted by atomic mass is 16.5. The lowest BCUT2D eigenvalue weighted by molar-refractivity contribution is -0.150. The fourth-order valence-electron chi connectivity index (χ4n) is 3.95. The summed E-state index contributed by atoms with van der Waals surface area (Å²) in [5, 5.41) is 5.63. The molecule has 0 radical (unpaired) electrons. The van der Waals surface area contributed by atoms with Gasteiger partial charge in [-0.1, -0.05) is 57.0 Å². The van der Waals surface area contributed by atoms with E-state index >= 15 is 0 Å². The molecule has 0 aliphatic heterocycles. The molecule has 1 aliphatic rings. The molecule has 1 aromatic carbocycles. The lowest BCUT2D eigenvalue weighted by Crippen LogP contribution is -2.47. The summed E-state index contributed by atoms with van der Waals surface area (Å²) in [7, 11) is 0. The molecule has 1 fully saturated rings. The van der Waals surface area contributed by atoms with Crippen LogP contribution in [0.1, 0.15) is 49.2 Å². The van der Waals surface area contributed by atoms with Crippen LogP contribution in [0.3, 0.4) is 0 Å². The first-order valence-corrected chi connectivity index (χ1v) is 10.8. The maximum absolute atomic E-state index is 12.7. The summed E-state index contributed by atoms with van der Waals surface area (Å²) in [6.07, 6.45) is 4.80. The summed E-state index contributed by atoms with van der Waals surface area (Å²) in [6.45, 7) is 3.96. The van der Waals surface area contributed by atoms with Gasteiger partial charge in [0.25, 0.3) is 11.8 Å². The molecular weight excluding hydrogens is 396 g/mol. The second kappa shape index (κ2) is 10.8. The SMILES string of the molecule is CC1CCCC(NC(=O)COC(=O)C(Cc2ccccc2)NC(=O)c2ccco2)C1C. The van der Waals surface area contributed by atoms with Crippen LogP contribution in [0.25, 0.3) is 0 Å². The van der Waals surface area contributed by atoms with Gasteiger partial charge in [-0.05, 0) is 36.0 Å². The number of ether oxygens (including phenoxy) is 1. The molecule has 2 N–H and O–H groups in total. The molecule has 2 aromatic rings. The Kier molecular flexibility index (Phi) is 7.87. The highest BCUT2D eigenvalue weighted by Crippen LogP contribution is 2.29. The third-order valence-corrected chi connectivity index (χ3v) is 6.02. The zero-order valence-electron chi connectivity index (χ0n) is 18.0. The summed E-state index contributed by atoms with van der Waals surface area (Å²) >= 11 is 0. The maximum Gasteiger partial charge on any atom is 0.329 e. The van der Waals surface area contributed by atoms with Crippen LogP contribution in [0.15, 0.2) is 53.1 Å². The molecule has 0 spiro atoms. The molecule has 2 amide bonds. The van der Waals surface area contributed by atoms with Crippen LogP contribution in [-0.4, -0.2) is 36.5 Å². The van der Waals surface area contributed by atoms with Crippen molar-refractivity contribution in [2.75, 3.05) is 6.61 Å². The van der Waals surface area contributed by atoms with E-state index in [0.717, 1.165) is 18.4 Å².